The summed E-state index contributed by atoms with van der Waals surface area (Å²) in [6.45, 7) is 5.31. The van der Waals surface area contributed by atoms with Gasteiger partial charge in [-0.3, -0.25) is 0 Å². The lowest BCUT2D eigenvalue weighted by Crippen LogP contribution is -2.56. The van der Waals surface area contributed by atoms with Gasteiger partial charge in [0.2, 0.25) is 0 Å². The summed E-state index contributed by atoms with van der Waals surface area (Å²) in [7, 11) is 3.35. The standard InChI is InChI=1S/C15H28N2O3/c1-6-11-7-9-12(10-8-11)16(4)14(20)17(5)15(2,3)13(18)19/h11-12H,6-10H2,1-5H3,(H,18,19). The lowest BCUT2D eigenvalue weighted by molar-refractivity contribution is -0.147. The van der Waals surface area contributed by atoms with E-state index in [0.29, 0.717) is 0 Å². The average Bonchev–Trinajstić information content (AvgIpc) is 2.44. The maximum absolute atomic E-state index is 12.4. The van der Waals surface area contributed by atoms with Gasteiger partial charge in [0.1, 0.15) is 5.54 Å². The Hall–Kier alpha value is -1.26. The minimum atomic E-state index is -1.19. The fraction of sp³-hybridized carbons (Fsp3) is 0.867. The van der Waals surface area contributed by atoms with E-state index in [1.807, 2.05) is 0 Å². The SMILES string of the molecule is CCC1CCC(N(C)C(=O)N(C)C(C)(C)C(=O)O)CC1. The van der Waals surface area contributed by atoms with Gasteiger partial charge in [-0.05, 0) is 45.4 Å². The highest BCUT2D eigenvalue weighted by Gasteiger charge is 2.38. The lowest BCUT2D eigenvalue weighted by atomic mass is 9.84. The van der Waals surface area contributed by atoms with Gasteiger partial charge in [0.25, 0.3) is 0 Å². The first-order valence-electron chi connectivity index (χ1n) is 7.45. The normalized spacial score (nSPS) is 23.2. The van der Waals surface area contributed by atoms with Crippen molar-refractivity contribution in [3.8, 4) is 0 Å². The van der Waals surface area contributed by atoms with Crippen LogP contribution < -0.4 is 0 Å². The van der Waals surface area contributed by atoms with Crippen molar-refractivity contribution in [2.24, 2.45) is 5.92 Å². The molecule has 1 rings (SSSR count). The van der Waals surface area contributed by atoms with E-state index < -0.39 is 11.5 Å². The van der Waals surface area contributed by atoms with E-state index in [1.54, 1.807) is 32.8 Å². The first kappa shape index (κ1) is 16.8. The molecular formula is C15H28N2O3. The van der Waals surface area contributed by atoms with Crippen LogP contribution in [0, 0.1) is 5.92 Å². The van der Waals surface area contributed by atoms with Crippen LogP contribution in [0.15, 0.2) is 0 Å². The Morgan fingerprint density at radius 1 is 1.15 bits per heavy atom. The predicted octanol–water partition coefficient (Wildman–Crippen LogP) is 2.80. The maximum atomic E-state index is 12.4. The number of urea groups is 1. The number of carboxylic acid groups (broad SMARTS) is 1. The van der Waals surface area contributed by atoms with Crippen molar-refractivity contribution in [1.29, 1.82) is 0 Å². The molecule has 0 spiro atoms. The minimum Gasteiger partial charge on any atom is -0.480 e. The largest absolute Gasteiger partial charge is 0.480 e. The number of amides is 2. The van der Waals surface area contributed by atoms with Gasteiger partial charge in [-0.25, -0.2) is 9.59 Å². The molecule has 0 saturated heterocycles. The van der Waals surface area contributed by atoms with Crippen molar-refractivity contribution in [2.75, 3.05) is 14.1 Å². The summed E-state index contributed by atoms with van der Waals surface area (Å²) < 4.78 is 0. The van der Waals surface area contributed by atoms with E-state index in [4.69, 9.17) is 0 Å². The van der Waals surface area contributed by atoms with Crippen LogP contribution in [-0.2, 0) is 4.79 Å². The van der Waals surface area contributed by atoms with Crippen molar-refractivity contribution in [1.82, 2.24) is 9.80 Å². The van der Waals surface area contributed by atoms with Crippen LogP contribution in [0.3, 0.4) is 0 Å². The average molecular weight is 284 g/mol. The van der Waals surface area contributed by atoms with Gasteiger partial charge >= 0.3 is 12.0 Å². The van der Waals surface area contributed by atoms with E-state index in [1.165, 1.54) is 11.3 Å². The van der Waals surface area contributed by atoms with Gasteiger partial charge in [0, 0.05) is 20.1 Å². The number of hydrogen-bond donors (Lipinski definition) is 1. The molecule has 0 aromatic carbocycles. The van der Waals surface area contributed by atoms with Crippen LogP contribution in [0.5, 0.6) is 0 Å². The summed E-state index contributed by atoms with van der Waals surface area (Å²) in [5.74, 6) is -0.209. The summed E-state index contributed by atoms with van der Waals surface area (Å²) in [4.78, 5) is 26.7. The monoisotopic (exact) mass is 284 g/mol. The third-order valence-electron chi connectivity index (χ3n) is 4.89. The molecule has 20 heavy (non-hydrogen) atoms. The van der Waals surface area contributed by atoms with E-state index in [-0.39, 0.29) is 12.1 Å². The highest BCUT2D eigenvalue weighted by atomic mass is 16.4. The highest BCUT2D eigenvalue weighted by Crippen LogP contribution is 2.29. The zero-order chi connectivity index (χ0) is 15.5. The van der Waals surface area contributed by atoms with Gasteiger partial charge < -0.3 is 14.9 Å². The Balaban J connectivity index is 2.66. The van der Waals surface area contributed by atoms with Gasteiger partial charge in [-0.2, -0.15) is 0 Å². The molecule has 1 fully saturated rings. The zero-order valence-electron chi connectivity index (χ0n) is 13.3. The lowest BCUT2D eigenvalue weighted by Gasteiger charge is -2.39. The van der Waals surface area contributed by atoms with Crippen molar-refractivity contribution in [3.05, 3.63) is 0 Å². The van der Waals surface area contributed by atoms with E-state index >= 15 is 0 Å². The maximum Gasteiger partial charge on any atom is 0.329 e. The van der Waals surface area contributed by atoms with Gasteiger partial charge in [-0.15, -0.1) is 0 Å². The number of nitrogens with zero attached hydrogens (tertiary/aromatic N) is 2. The molecule has 5 heteroatoms. The molecule has 0 unspecified atom stereocenters. The molecule has 1 N–H and O–H groups in total. The Labute approximate surface area is 121 Å². The van der Waals surface area contributed by atoms with Gasteiger partial charge in [-0.1, -0.05) is 13.3 Å². The van der Waals surface area contributed by atoms with E-state index in [2.05, 4.69) is 6.92 Å². The third kappa shape index (κ3) is 3.44. The Morgan fingerprint density at radius 3 is 2.05 bits per heavy atom. The number of carbonyl (C=O) groups excluding carboxylic acids is 1. The summed E-state index contributed by atoms with van der Waals surface area (Å²) in [5, 5.41) is 9.21. The zero-order valence-corrected chi connectivity index (χ0v) is 13.3. The van der Waals surface area contributed by atoms with E-state index in [9.17, 15) is 14.7 Å². The Bertz CT molecular complexity index is 360. The first-order chi connectivity index (χ1) is 9.21. The second kappa shape index (κ2) is 6.46. The molecule has 1 aliphatic carbocycles. The molecule has 0 aliphatic heterocycles. The molecule has 0 radical (unpaired) electrons. The topological polar surface area (TPSA) is 60.9 Å². The van der Waals surface area contributed by atoms with Crippen LogP contribution in [0.2, 0.25) is 0 Å². The molecular weight excluding hydrogens is 256 g/mol. The van der Waals surface area contributed by atoms with E-state index in [0.717, 1.165) is 31.6 Å². The van der Waals surface area contributed by atoms with Crippen LogP contribution in [0.25, 0.3) is 0 Å². The number of carboxylic acids is 1. The summed E-state index contributed by atoms with van der Waals surface area (Å²) in [6.07, 6.45) is 5.55. The predicted molar refractivity (Wildman–Crippen MR) is 78.7 cm³/mol. The first-order valence-corrected chi connectivity index (χ1v) is 7.45. The second-order valence-electron chi connectivity index (χ2n) is 6.40. The minimum absolute atomic E-state index is 0.211. The van der Waals surface area contributed by atoms with Crippen molar-refractivity contribution >= 4 is 12.0 Å². The third-order valence-corrected chi connectivity index (χ3v) is 4.89. The molecule has 116 valence electrons. The number of rotatable bonds is 4. The number of likely N-dealkylation sites (N-methyl/N-ethyl adjacent to an activating group) is 1. The number of carbonyl (C=O) groups is 2. The van der Waals surface area contributed by atoms with Gasteiger partial charge in [0.15, 0.2) is 0 Å². The van der Waals surface area contributed by atoms with Crippen LogP contribution in [0.1, 0.15) is 52.9 Å². The van der Waals surface area contributed by atoms with Crippen molar-refractivity contribution < 1.29 is 14.7 Å². The number of aliphatic carboxylic acids is 1. The summed E-state index contributed by atoms with van der Waals surface area (Å²) in [6, 6.07) is 0.0229. The molecule has 5 nitrogen and oxygen atoms in total. The van der Waals surface area contributed by atoms with Gasteiger partial charge in [0.05, 0.1) is 0 Å². The second-order valence-corrected chi connectivity index (χ2v) is 6.40. The fourth-order valence-electron chi connectivity index (χ4n) is 2.72. The quantitative estimate of drug-likeness (QED) is 0.863. The molecule has 2 amide bonds. The molecule has 0 aromatic rings. The van der Waals surface area contributed by atoms with Crippen LogP contribution >= 0.6 is 0 Å². The Morgan fingerprint density at radius 2 is 1.65 bits per heavy atom. The highest BCUT2D eigenvalue weighted by molar-refractivity contribution is 5.85. The molecule has 1 aliphatic rings. The molecule has 0 bridgehead atoms. The molecule has 1 saturated carbocycles. The molecule has 0 atom stereocenters. The smallest absolute Gasteiger partial charge is 0.329 e. The molecule has 0 aromatic heterocycles. The fourth-order valence-corrected chi connectivity index (χ4v) is 2.72. The Kier molecular flexibility index (Phi) is 5.42. The van der Waals surface area contributed by atoms with Crippen LogP contribution in [-0.4, -0.2) is 52.6 Å². The summed E-state index contributed by atoms with van der Waals surface area (Å²) in [5.41, 5.74) is -1.19. The van der Waals surface area contributed by atoms with Crippen molar-refractivity contribution in [3.63, 3.8) is 0 Å². The van der Waals surface area contributed by atoms with Crippen LogP contribution in [0.4, 0.5) is 4.79 Å². The number of hydrogen-bond acceptors (Lipinski definition) is 2. The van der Waals surface area contributed by atoms with Crippen molar-refractivity contribution in [2.45, 2.75) is 64.5 Å². The summed E-state index contributed by atoms with van der Waals surface area (Å²) >= 11 is 0. The molecule has 0 heterocycles.